The molecule has 0 radical (unpaired) electrons. The van der Waals surface area contributed by atoms with Gasteiger partial charge < -0.3 is 9.84 Å². The smallest absolute Gasteiger partial charge is 0.330 e. The van der Waals surface area contributed by atoms with Crippen molar-refractivity contribution in [3.05, 3.63) is 71.8 Å². The molecule has 0 aromatic heterocycles. The molecule has 2 aromatic carbocycles. The van der Waals surface area contributed by atoms with E-state index < -0.39 is 5.97 Å². The van der Waals surface area contributed by atoms with E-state index in [2.05, 4.69) is 0 Å². The first-order valence-corrected chi connectivity index (χ1v) is 6.42. The molecule has 0 unspecified atom stereocenters. The molecule has 3 nitrogen and oxygen atoms in total. The fourth-order valence-corrected chi connectivity index (χ4v) is 1.75. The van der Waals surface area contributed by atoms with Crippen molar-refractivity contribution in [2.45, 2.75) is 6.42 Å². The van der Waals surface area contributed by atoms with Gasteiger partial charge in [-0.05, 0) is 17.7 Å². The van der Waals surface area contributed by atoms with E-state index in [-0.39, 0.29) is 5.75 Å². The van der Waals surface area contributed by atoms with Crippen molar-refractivity contribution in [3.8, 4) is 5.75 Å². The number of benzene rings is 2. The van der Waals surface area contributed by atoms with Crippen molar-refractivity contribution in [1.29, 1.82) is 0 Å². The molecule has 0 heterocycles. The number of ether oxygens (including phenoxy) is 1. The van der Waals surface area contributed by atoms with Gasteiger partial charge in [0, 0.05) is 18.1 Å². The van der Waals surface area contributed by atoms with Crippen LogP contribution >= 0.6 is 0 Å². The summed E-state index contributed by atoms with van der Waals surface area (Å²) in [7, 11) is 0. The molecular formula is C17H16O3. The lowest BCUT2D eigenvalue weighted by Crippen LogP contribution is -2.04. The van der Waals surface area contributed by atoms with Crippen LogP contribution in [0.1, 0.15) is 11.1 Å². The lowest BCUT2D eigenvalue weighted by atomic mass is 10.2. The Hall–Kier alpha value is -2.55. The monoisotopic (exact) mass is 268 g/mol. The molecule has 0 saturated carbocycles. The minimum absolute atomic E-state index is 0.140. The summed E-state index contributed by atoms with van der Waals surface area (Å²) in [4.78, 5) is 11.5. The number of esters is 1. The van der Waals surface area contributed by atoms with Gasteiger partial charge in [0.2, 0.25) is 0 Å². The summed E-state index contributed by atoms with van der Waals surface area (Å²) in [5.74, 6) is -0.273. The van der Waals surface area contributed by atoms with E-state index in [1.165, 1.54) is 6.08 Å². The standard InChI is InChI=1S/C17H16O3/c18-16-9-5-4-8-15(16)10-11-17(19)20-13-12-14-6-2-1-3-7-14/h1-11,18H,12-13H2/b11-10+. The largest absolute Gasteiger partial charge is 0.507 e. The maximum Gasteiger partial charge on any atom is 0.330 e. The summed E-state index contributed by atoms with van der Waals surface area (Å²) in [6.45, 7) is 0.341. The van der Waals surface area contributed by atoms with Gasteiger partial charge in [0.05, 0.1) is 6.61 Å². The quantitative estimate of drug-likeness (QED) is 0.669. The highest BCUT2D eigenvalue weighted by molar-refractivity contribution is 5.87. The highest BCUT2D eigenvalue weighted by Gasteiger charge is 1.99. The fraction of sp³-hybridized carbons (Fsp3) is 0.118. The number of phenolic OH excluding ortho intramolecular Hbond substituents is 1. The van der Waals surface area contributed by atoms with Crippen LogP contribution in [-0.4, -0.2) is 17.7 Å². The molecule has 20 heavy (non-hydrogen) atoms. The van der Waals surface area contributed by atoms with E-state index in [9.17, 15) is 9.90 Å². The number of hydrogen-bond acceptors (Lipinski definition) is 3. The molecule has 1 N–H and O–H groups in total. The second-order valence-electron chi connectivity index (χ2n) is 4.30. The van der Waals surface area contributed by atoms with Crippen LogP contribution in [0.4, 0.5) is 0 Å². The molecule has 0 atom stereocenters. The number of para-hydroxylation sites is 1. The van der Waals surface area contributed by atoms with E-state index in [0.29, 0.717) is 18.6 Å². The Balaban J connectivity index is 1.80. The van der Waals surface area contributed by atoms with Gasteiger partial charge in [-0.1, -0.05) is 48.5 Å². The Morgan fingerprint density at radius 1 is 1.05 bits per heavy atom. The van der Waals surface area contributed by atoms with Crippen LogP contribution in [0.15, 0.2) is 60.7 Å². The Morgan fingerprint density at radius 3 is 2.50 bits per heavy atom. The normalized spacial score (nSPS) is 10.6. The maximum atomic E-state index is 11.5. The van der Waals surface area contributed by atoms with Gasteiger partial charge in [0.1, 0.15) is 5.75 Å². The highest BCUT2D eigenvalue weighted by atomic mass is 16.5. The molecule has 0 spiro atoms. The summed E-state index contributed by atoms with van der Waals surface area (Å²) in [5.41, 5.74) is 1.72. The van der Waals surface area contributed by atoms with Crippen molar-refractivity contribution in [2.24, 2.45) is 0 Å². The van der Waals surface area contributed by atoms with Crippen LogP contribution in [0.2, 0.25) is 0 Å². The zero-order valence-electron chi connectivity index (χ0n) is 11.0. The third kappa shape index (κ3) is 4.28. The molecular weight excluding hydrogens is 252 g/mol. The van der Waals surface area contributed by atoms with E-state index in [1.54, 1.807) is 30.3 Å². The second-order valence-corrected chi connectivity index (χ2v) is 4.30. The minimum atomic E-state index is -0.413. The van der Waals surface area contributed by atoms with Gasteiger partial charge in [-0.25, -0.2) is 4.79 Å². The number of phenols is 1. The lowest BCUT2D eigenvalue weighted by Gasteiger charge is -2.02. The van der Waals surface area contributed by atoms with Gasteiger partial charge in [-0.2, -0.15) is 0 Å². The molecule has 3 heteroatoms. The predicted octanol–water partition coefficient (Wildman–Crippen LogP) is 3.19. The number of hydrogen-bond donors (Lipinski definition) is 1. The molecule has 2 aromatic rings. The first-order valence-electron chi connectivity index (χ1n) is 6.42. The molecule has 0 aliphatic rings. The Bertz CT molecular complexity index is 588. The average molecular weight is 268 g/mol. The Morgan fingerprint density at radius 2 is 1.75 bits per heavy atom. The summed E-state index contributed by atoms with van der Waals surface area (Å²) in [6, 6.07) is 16.7. The van der Waals surface area contributed by atoms with Crippen molar-refractivity contribution >= 4 is 12.0 Å². The fourth-order valence-electron chi connectivity index (χ4n) is 1.75. The summed E-state index contributed by atoms with van der Waals surface area (Å²) >= 11 is 0. The number of carbonyl (C=O) groups is 1. The summed E-state index contributed by atoms with van der Waals surface area (Å²) < 4.78 is 5.10. The van der Waals surface area contributed by atoms with Crippen molar-refractivity contribution in [2.75, 3.05) is 6.61 Å². The molecule has 102 valence electrons. The third-order valence-corrected chi connectivity index (χ3v) is 2.81. The van der Waals surface area contributed by atoms with Gasteiger partial charge >= 0.3 is 5.97 Å². The lowest BCUT2D eigenvalue weighted by molar-refractivity contribution is -0.137. The maximum absolute atomic E-state index is 11.5. The molecule has 0 aliphatic carbocycles. The van der Waals surface area contributed by atoms with E-state index in [1.807, 2.05) is 30.3 Å². The number of aromatic hydroxyl groups is 1. The first-order chi connectivity index (χ1) is 9.75. The summed E-state index contributed by atoms with van der Waals surface area (Å²) in [6.07, 6.45) is 3.55. The van der Waals surface area contributed by atoms with Crippen LogP contribution < -0.4 is 0 Å². The van der Waals surface area contributed by atoms with Gasteiger partial charge in [-0.15, -0.1) is 0 Å². The predicted molar refractivity (Wildman–Crippen MR) is 78.2 cm³/mol. The van der Waals surface area contributed by atoms with Crippen LogP contribution in [0, 0.1) is 0 Å². The van der Waals surface area contributed by atoms with Crippen molar-refractivity contribution < 1.29 is 14.6 Å². The summed E-state index contributed by atoms with van der Waals surface area (Å²) in [5, 5.41) is 9.54. The first kappa shape index (κ1) is 13.9. The van der Waals surface area contributed by atoms with Crippen molar-refractivity contribution in [1.82, 2.24) is 0 Å². The number of carbonyl (C=O) groups excluding carboxylic acids is 1. The molecule has 0 aliphatic heterocycles. The molecule has 0 amide bonds. The van der Waals surface area contributed by atoms with Crippen molar-refractivity contribution in [3.63, 3.8) is 0 Å². The second kappa shape index (κ2) is 7.14. The van der Waals surface area contributed by atoms with Crippen LogP contribution in [0.5, 0.6) is 5.75 Å². The molecule has 0 fully saturated rings. The van der Waals surface area contributed by atoms with Crippen LogP contribution in [0.25, 0.3) is 6.08 Å². The van der Waals surface area contributed by atoms with E-state index in [0.717, 1.165) is 5.56 Å². The van der Waals surface area contributed by atoms with Gasteiger partial charge in [0.25, 0.3) is 0 Å². The zero-order valence-corrected chi connectivity index (χ0v) is 11.0. The number of rotatable bonds is 5. The van der Waals surface area contributed by atoms with Crippen LogP contribution in [0.3, 0.4) is 0 Å². The molecule has 0 bridgehead atoms. The zero-order chi connectivity index (χ0) is 14.2. The van der Waals surface area contributed by atoms with E-state index in [4.69, 9.17) is 4.74 Å². The topological polar surface area (TPSA) is 46.5 Å². The molecule has 2 rings (SSSR count). The average Bonchev–Trinajstić information content (AvgIpc) is 2.47. The highest BCUT2D eigenvalue weighted by Crippen LogP contribution is 2.16. The SMILES string of the molecule is O=C(/C=C/c1ccccc1O)OCCc1ccccc1. The van der Waals surface area contributed by atoms with Crippen LogP contribution in [-0.2, 0) is 16.0 Å². The minimum Gasteiger partial charge on any atom is -0.507 e. The van der Waals surface area contributed by atoms with Gasteiger partial charge in [-0.3, -0.25) is 0 Å². The Labute approximate surface area is 118 Å². The van der Waals surface area contributed by atoms with E-state index >= 15 is 0 Å². The van der Waals surface area contributed by atoms with Gasteiger partial charge in [0.15, 0.2) is 0 Å². The molecule has 0 saturated heterocycles. The Kier molecular flexibility index (Phi) is 4.95. The third-order valence-electron chi connectivity index (χ3n) is 2.81.